The van der Waals surface area contributed by atoms with Gasteiger partial charge in [-0.15, -0.1) is 11.8 Å². The van der Waals surface area contributed by atoms with Crippen molar-refractivity contribution in [1.82, 2.24) is 9.97 Å². The molecule has 0 unspecified atom stereocenters. The summed E-state index contributed by atoms with van der Waals surface area (Å²) in [4.78, 5) is 8.71. The molecule has 3 aromatic rings. The Morgan fingerprint density at radius 3 is 2.65 bits per heavy atom. The standard InChI is InChI=1S/C19H15Cl3N2OS/c20-12-3-4-16-14(7-12)19(17(26-16)9-18-23-5-6-24-18)25-10-11-1-2-13(21)8-15(11)22/h1-8,17,19H,9-10H2,(H,23,24)/t17-,19-/m0/s1. The number of benzene rings is 2. The monoisotopic (exact) mass is 424 g/mol. The van der Waals surface area contributed by atoms with Gasteiger partial charge in [0.1, 0.15) is 5.82 Å². The minimum atomic E-state index is -0.0921. The van der Waals surface area contributed by atoms with Crippen LogP contribution in [0.5, 0.6) is 0 Å². The molecule has 0 saturated carbocycles. The van der Waals surface area contributed by atoms with Gasteiger partial charge in [0, 0.05) is 44.0 Å². The second-order valence-corrected chi connectivity index (χ2v) is 8.61. The number of hydrogen-bond donors (Lipinski definition) is 1. The van der Waals surface area contributed by atoms with E-state index >= 15 is 0 Å². The predicted molar refractivity (Wildman–Crippen MR) is 107 cm³/mol. The van der Waals surface area contributed by atoms with Gasteiger partial charge in [0.05, 0.1) is 12.7 Å². The number of nitrogens with zero attached hydrogens (tertiary/aromatic N) is 1. The Hall–Kier alpha value is -1.17. The SMILES string of the molecule is Clc1ccc(CO[C@H]2c3cc(Cl)ccc3S[C@H]2Cc2ncc[nH]2)c(Cl)c1. The van der Waals surface area contributed by atoms with Crippen LogP contribution in [0.2, 0.25) is 15.1 Å². The molecule has 1 aromatic heterocycles. The Morgan fingerprint density at radius 2 is 1.88 bits per heavy atom. The summed E-state index contributed by atoms with van der Waals surface area (Å²) >= 11 is 20.3. The molecule has 1 aliphatic heterocycles. The van der Waals surface area contributed by atoms with E-state index in [0.29, 0.717) is 21.7 Å². The van der Waals surface area contributed by atoms with Crippen molar-refractivity contribution in [3.8, 4) is 0 Å². The van der Waals surface area contributed by atoms with Gasteiger partial charge < -0.3 is 9.72 Å². The zero-order valence-corrected chi connectivity index (χ0v) is 16.7. The summed E-state index contributed by atoms with van der Waals surface area (Å²) in [5.41, 5.74) is 2.03. The summed E-state index contributed by atoms with van der Waals surface area (Å²) in [5, 5.41) is 2.14. The van der Waals surface area contributed by atoms with E-state index in [1.165, 1.54) is 4.90 Å². The van der Waals surface area contributed by atoms with Gasteiger partial charge in [0.2, 0.25) is 0 Å². The maximum Gasteiger partial charge on any atom is 0.107 e. The number of imidazole rings is 1. The van der Waals surface area contributed by atoms with Crippen LogP contribution >= 0.6 is 46.6 Å². The van der Waals surface area contributed by atoms with Crippen molar-refractivity contribution in [3.63, 3.8) is 0 Å². The highest BCUT2D eigenvalue weighted by Crippen LogP contribution is 2.48. The molecule has 2 aromatic carbocycles. The average Bonchev–Trinajstić information content (AvgIpc) is 3.22. The topological polar surface area (TPSA) is 37.9 Å². The average molecular weight is 426 g/mol. The summed E-state index contributed by atoms with van der Waals surface area (Å²) in [6.07, 6.45) is 4.29. The number of ether oxygens (including phenoxy) is 1. The number of H-pyrrole nitrogens is 1. The molecule has 0 spiro atoms. The third-order valence-electron chi connectivity index (χ3n) is 4.28. The number of rotatable bonds is 5. The van der Waals surface area contributed by atoms with Crippen molar-refractivity contribution in [2.75, 3.05) is 0 Å². The van der Waals surface area contributed by atoms with Crippen molar-refractivity contribution in [2.45, 2.75) is 29.3 Å². The number of aromatic nitrogens is 2. The van der Waals surface area contributed by atoms with Gasteiger partial charge in [-0.3, -0.25) is 0 Å². The minimum Gasteiger partial charge on any atom is -0.368 e. The lowest BCUT2D eigenvalue weighted by Crippen LogP contribution is -2.17. The summed E-state index contributed by atoms with van der Waals surface area (Å²) in [5.74, 6) is 0.944. The van der Waals surface area contributed by atoms with Crippen LogP contribution in [0.4, 0.5) is 0 Å². The molecule has 7 heteroatoms. The number of thioether (sulfide) groups is 1. The molecule has 26 heavy (non-hydrogen) atoms. The molecular weight excluding hydrogens is 411 g/mol. The third kappa shape index (κ3) is 3.90. The van der Waals surface area contributed by atoms with Crippen molar-refractivity contribution >= 4 is 46.6 Å². The molecule has 4 rings (SSSR count). The Labute approximate surface area is 171 Å². The Balaban J connectivity index is 1.57. The smallest absolute Gasteiger partial charge is 0.107 e. The zero-order valence-electron chi connectivity index (χ0n) is 13.6. The quantitative estimate of drug-likeness (QED) is 0.518. The van der Waals surface area contributed by atoms with Gasteiger partial charge in [-0.25, -0.2) is 4.98 Å². The van der Waals surface area contributed by atoms with Crippen LogP contribution in [0.25, 0.3) is 0 Å². The maximum atomic E-state index is 6.30. The van der Waals surface area contributed by atoms with E-state index in [9.17, 15) is 0 Å². The molecule has 0 radical (unpaired) electrons. The van der Waals surface area contributed by atoms with Crippen LogP contribution in [-0.4, -0.2) is 15.2 Å². The predicted octanol–water partition coefficient (Wildman–Crippen LogP) is 6.34. The van der Waals surface area contributed by atoms with Crippen molar-refractivity contribution in [2.24, 2.45) is 0 Å². The van der Waals surface area contributed by atoms with Crippen molar-refractivity contribution in [3.05, 3.63) is 80.8 Å². The van der Waals surface area contributed by atoms with Crippen molar-refractivity contribution in [1.29, 1.82) is 0 Å². The minimum absolute atomic E-state index is 0.0921. The number of hydrogen-bond acceptors (Lipinski definition) is 3. The van der Waals surface area contributed by atoms with Crippen LogP contribution in [-0.2, 0) is 17.8 Å². The van der Waals surface area contributed by atoms with E-state index in [-0.39, 0.29) is 11.4 Å². The first kappa shape index (κ1) is 18.2. The van der Waals surface area contributed by atoms with E-state index in [2.05, 4.69) is 16.0 Å². The first-order valence-electron chi connectivity index (χ1n) is 8.10. The van der Waals surface area contributed by atoms with Gasteiger partial charge in [-0.1, -0.05) is 40.9 Å². The molecule has 0 amide bonds. The van der Waals surface area contributed by atoms with Crippen LogP contribution in [0.1, 0.15) is 23.1 Å². The Morgan fingerprint density at radius 1 is 1.08 bits per heavy atom. The number of fused-ring (bicyclic) bond motifs is 1. The maximum absolute atomic E-state index is 6.30. The first-order chi connectivity index (χ1) is 12.6. The molecule has 2 heterocycles. The normalized spacial score (nSPS) is 18.9. The first-order valence-corrected chi connectivity index (χ1v) is 10.1. The molecule has 0 aliphatic carbocycles. The van der Waals surface area contributed by atoms with E-state index < -0.39 is 0 Å². The molecule has 0 saturated heterocycles. The molecule has 0 fully saturated rings. The summed E-state index contributed by atoms with van der Waals surface area (Å²) in [6.45, 7) is 0.405. The van der Waals surface area contributed by atoms with E-state index in [1.54, 1.807) is 24.0 Å². The van der Waals surface area contributed by atoms with E-state index in [0.717, 1.165) is 23.4 Å². The van der Waals surface area contributed by atoms with Gasteiger partial charge in [0.15, 0.2) is 0 Å². The summed E-state index contributed by atoms with van der Waals surface area (Å²) in [7, 11) is 0. The van der Waals surface area contributed by atoms with Gasteiger partial charge in [-0.05, 0) is 41.5 Å². The molecular formula is C19H15Cl3N2OS. The van der Waals surface area contributed by atoms with Crippen LogP contribution in [0, 0.1) is 0 Å². The number of aromatic amines is 1. The zero-order chi connectivity index (χ0) is 18.1. The second-order valence-electron chi connectivity index (χ2n) is 6.05. The Bertz CT molecular complexity index is 917. The molecule has 3 nitrogen and oxygen atoms in total. The summed E-state index contributed by atoms with van der Waals surface area (Å²) in [6, 6.07) is 11.4. The van der Waals surface area contributed by atoms with Gasteiger partial charge >= 0.3 is 0 Å². The number of nitrogens with one attached hydrogen (secondary N) is 1. The summed E-state index contributed by atoms with van der Waals surface area (Å²) < 4.78 is 6.30. The Kier molecular flexibility index (Phi) is 5.48. The van der Waals surface area contributed by atoms with Crippen LogP contribution < -0.4 is 0 Å². The fraction of sp³-hybridized carbons (Fsp3) is 0.211. The molecule has 1 aliphatic rings. The molecule has 1 N–H and O–H groups in total. The van der Waals surface area contributed by atoms with E-state index in [1.807, 2.05) is 30.5 Å². The van der Waals surface area contributed by atoms with Gasteiger partial charge in [0.25, 0.3) is 0 Å². The van der Waals surface area contributed by atoms with Crippen LogP contribution in [0.3, 0.4) is 0 Å². The lowest BCUT2D eigenvalue weighted by molar-refractivity contribution is 0.0392. The third-order valence-corrected chi connectivity index (χ3v) is 6.44. The number of halogens is 3. The van der Waals surface area contributed by atoms with Gasteiger partial charge in [-0.2, -0.15) is 0 Å². The second kappa shape index (κ2) is 7.83. The molecule has 134 valence electrons. The highest BCUT2D eigenvalue weighted by molar-refractivity contribution is 8.00. The lowest BCUT2D eigenvalue weighted by Gasteiger charge is -2.20. The molecule has 2 atom stereocenters. The largest absolute Gasteiger partial charge is 0.368 e. The van der Waals surface area contributed by atoms with E-state index in [4.69, 9.17) is 39.5 Å². The van der Waals surface area contributed by atoms with Crippen LogP contribution in [0.15, 0.2) is 53.7 Å². The highest BCUT2D eigenvalue weighted by Gasteiger charge is 2.35. The highest BCUT2D eigenvalue weighted by atomic mass is 35.5. The lowest BCUT2D eigenvalue weighted by atomic mass is 10.0. The van der Waals surface area contributed by atoms with Crippen molar-refractivity contribution < 1.29 is 4.74 Å². The fourth-order valence-electron chi connectivity index (χ4n) is 3.04. The molecule has 0 bridgehead atoms. The fourth-order valence-corrected chi connectivity index (χ4v) is 5.06.